The minimum absolute atomic E-state index is 0.00603. The molecule has 0 saturated carbocycles. The quantitative estimate of drug-likeness (QED) is 0.791. The number of carbonyl (C=O) groups excluding carboxylic acids is 2. The summed E-state index contributed by atoms with van der Waals surface area (Å²) in [7, 11) is 0. The smallest absolute Gasteiger partial charge is 0.237 e. The Morgan fingerprint density at radius 2 is 1.80 bits per heavy atom. The van der Waals surface area contributed by atoms with E-state index in [0.29, 0.717) is 45.9 Å². The second kappa shape index (κ2) is 9.73. The first-order chi connectivity index (χ1) is 14.7. The van der Waals surface area contributed by atoms with Gasteiger partial charge in [-0.1, -0.05) is 30.3 Å². The van der Waals surface area contributed by atoms with E-state index in [9.17, 15) is 9.59 Å². The van der Waals surface area contributed by atoms with Crippen LogP contribution in [-0.4, -0.2) is 67.0 Å². The molecule has 2 amide bonds. The molecule has 2 aliphatic rings. The van der Waals surface area contributed by atoms with Crippen LogP contribution in [0.25, 0.3) is 0 Å². The molecule has 0 spiro atoms. The van der Waals surface area contributed by atoms with Crippen molar-refractivity contribution in [3.05, 3.63) is 60.2 Å². The third-order valence-electron chi connectivity index (χ3n) is 5.44. The van der Waals surface area contributed by atoms with Gasteiger partial charge in [0.1, 0.15) is 11.5 Å². The van der Waals surface area contributed by atoms with Gasteiger partial charge < -0.3 is 19.7 Å². The van der Waals surface area contributed by atoms with Crippen LogP contribution in [0.5, 0.6) is 11.5 Å². The summed E-state index contributed by atoms with van der Waals surface area (Å²) in [5, 5.41) is 2.90. The van der Waals surface area contributed by atoms with Gasteiger partial charge in [0, 0.05) is 32.7 Å². The summed E-state index contributed by atoms with van der Waals surface area (Å²) < 4.78 is 11.2. The predicted octanol–water partition coefficient (Wildman–Crippen LogP) is 2.03. The van der Waals surface area contributed by atoms with E-state index in [-0.39, 0.29) is 18.2 Å². The molecule has 2 aromatic rings. The zero-order valence-electron chi connectivity index (χ0n) is 17.0. The summed E-state index contributed by atoms with van der Waals surface area (Å²) in [5.41, 5.74) is 1.04. The molecule has 1 atom stereocenters. The largest absolute Gasteiger partial charge is 0.457 e. The lowest BCUT2D eigenvalue weighted by Gasteiger charge is -2.36. The van der Waals surface area contributed by atoms with Crippen LogP contribution in [0.2, 0.25) is 0 Å². The van der Waals surface area contributed by atoms with Crippen LogP contribution in [0.3, 0.4) is 0 Å². The predicted molar refractivity (Wildman–Crippen MR) is 112 cm³/mol. The van der Waals surface area contributed by atoms with E-state index >= 15 is 0 Å². The lowest BCUT2D eigenvalue weighted by atomic mass is 10.1. The van der Waals surface area contributed by atoms with E-state index in [1.807, 2.05) is 54.6 Å². The van der Waals surface area contributed by atoms with Crippen LogP contribution < -0.4 is 10.1 Å². The average molecular weight is 409 g/mol. The number of nitrogens with zero attached hydrogens (tertiary/aromatic N) is 2. The van der Waals surface area contributed by atoms with Gasteiger partial charge in [-0.25, -0.2) is 0 Å². The average Bonchev–Trinajstić information content (AvgIpc) is 2.78. The van der Waals surface area contributed by atoms with Crippen molar-refractivity contribution in [1.29, 1.82) is 0 Å². The highest BCUT2D eigenvalue weighted by molar-refractivity contribution is 5.88. The number of para-hydroxylation sites is 1. The Balaban J connectivity index is 1.43. The number of amides is 2. The summed E-state index contributed by atoms with van der Waals surface area (Å²) in [5.74, 6) is 1.45. The third kappa shape index (κ3) is 5.17. The van der Waals surface area contributed by atoms with Crippen LogP contribution in [0.1, 0.15) is 12.0 Å². The van der Waals surface area contributed by atoms with Crippen molar-refractivity contribution in [2.75, 3.05) is 39.4 Å². The number of nitrogens with one attached hydrogen (secondary N) is 1. The molecule has 1 unspecified atom stereocenters. The van der Waals surface area contributed by atoms with Gasteiger partial charge in [-0.05, 0) is 29.8 Å². The number of benzene rings is 2. The number of piperazine rings is 1. The molecule has 2 saturated heterocycles. The van der Waals surface area contributed by atoms with E-state index in [4.69, 9.17) is 9.47 Å². The molecule has 0 aliphatic carbocycles. The fraction of sp³-hybridized carbons (Fsp3) is 0.391. The normalized spacial score (nSPS) is 19.9. The summed E-state index contributed by atoms with van der Waals surface area (Å²) in [6.45, 7) is 4.16. The Morgan fingerprint density at radius 3 is 2.60 bits per heavy atom. The summed E-state index contributed by atoms with van der Waals surface area (Å²) in [6.07, 6.45) is 0.187. The Kier molecular flexibility index (Phi) is 6.61. The standard InChI is InChI=1S/C23H27N3O4/c27-22(25-11-13-29-14-12-25)16-21-23(28)24-9-10-26(21)17-18-5-4-8-20(15-18)30-19-6-2-1-3-7-19/h1-8,15,21H,9-14,16-17H2,(H,24,28). The number of hydrogen-bond acceptors (Lipinski definition) is 5. The Hall–Kier alpha value is -2.90. The molecule has 7 heteroatoms. The molecule has 2 heterocycles. The summed E-state index contributed by atoms with van der Waals surface area (Å²) in [6, 6.07) is 17.0. The topological polar surface area (TPSA) is 71.1 Å². The first kappa shape index (κ1) is 20.4. The Bertz CT molecular complexity index is 868. The number of ether oxygens (including phenoxy) is 2. The van der Waals surface area contributed by atoms with Crippen LogP contribution in [0, 0.1) is 0 Å². The monoisotopic (exact) mass is 409 g/mol. The van der Waals surface area contributed by atoms with Gasteiger partial charge in [-0.15, -0.1) is 0 Å². The molecule has 2 fully saturated rings. The van der Waals surface area contributed by atoms with Crippen LogP contribution in [-0.2, 0) is 20.9 Å². The van der Waals surface area contributed by atoms with E-state index in [1.165, 1.54) is 0 Å². The molecule has 1 N–H and O–H groups in total. The molecule has 4 rings (SSSR count). The van der Waals surface area contributed by atoms with Crippen molar-refractivity contribution < 1.29 is 19.1 Å². The highest BCUT2D eigenvalue weighted by atomic mass is 16.5. The van der Waals surface area contributed by atoms with Crippen LogP contribution >= 0.6 is 0 Å². The van der Waals surface area contributed by atoms with Crippen molar-refractivity contribution in [2.24, 2.45) is 0 Å². The van der Waals surface area contributed by atoms with Crippen molar-refractivity contribution >= 4 is 11.8 Å². The fourth-order valence-electron chi connectivity index (χ4n) is 3.85. The minimum Gasteiger partial charge on any atom is -0.457 e. The van der Waals surface area contributed by atoms with Gasteiger partial charge in [0.15, 0.2) is 0 Å². The lowest BCUT2D eigenvalue weighted by Crippen LogP contribution is -2.56. The van der Waals surface area contributed by atoms with Gasteiger partial charge in [0.05, 0.1) is 25.7 Å². The molecule has 7 nitrogen and oxygen atoms in total. The highest BCUT2D eigenvalue weighted by Gasteiger charge is 2.33. The number of morpholine rings is 1. The van der Waals surface area contributed by atoms with E-state index in [2.05, 4.69) is 10.2 Å². The van der Waals surface area contributed by atoms with Crippen molar-refractivity contribution in [3.8, 4) is 11.5 Å². The second-order valence-corrected chi connectivity index (χ2v) is 7.54. The van der Waals surface area contributed by atoms with Crippen molar-refractivity contribution in [2.45, 2.75) is 19.0 Å². The van der Waals surface area contributed by atoms with Gasteiger partial charge in [-0.2, -0.15) is 0 Å². The molecule has 0 aromatic heterocycles. The number of rotatable bonds is 6. The molecule has 158 valence electrons. The Morgan fingerprint density at radius 1 is 1.03 bits per heavy atom. The van der Waals surface area contributed by atoms with Gasteiger partial charge >= 0.3 is 0 Å². The highest BCUT2D eigenvalue weighted by Crippen LogP contribution is 2.23. The van der Waals surface area contributed by atoms with E-state index in [1.54, 1.807) is 4.90 Å². The maximum absolute atomic E-state index is 12.7. The molecule has 0 bridgehead atoms. The maximum atomic E-state index is 12.7. The zero-order valence-corrected chi connectivity index (χ0v) is 17.0. The van der Waals surface area contributed by atoms with Gasteiger partial charge in [-0.3, -0.25) is 14.5 Å². The van der Waals surface area contributed by atoms with E-state index < -0.39 is 6.04 Å². The molecular formula is C23H27N3O4. The van der Waals surface area contributed by atoms with E-state index in [0.717, 1.165) is 17.1 Å². The van der Waals surface area contributed by atoms with Crippen LogP contribution in [0.15, 0.2) is 54.6 Å². The third-order valence-corrected chi connectivity index (χ3v) is 5.44. The second-order valence-electron chi connectivity index (χ2n) is 7.54. The first-order valence-corrected chi connectivity index (χ1v) is 10.4. The van der Waals surface area contributed by atoms with Crippen LogP contribution in [0.4, 0.5) is 0 Å². The SMILES string of the molecule is O=C1NCCN(Cc2cccc(Oc3ccccc3)c2)C1CC(=O)N1CCOCC1. The summed E-state index contributed by atoms with van der Waals surface area (Å²) in [4.78, 5) is 29.1. The van der Waals surface area contributed by atoms with Crippen molar-refractivity contribution in [3.63, 3.8) is 0 Å². The lowest BCUT2D eigenvalue weighted by molar-refractivity contribution is -0.141. The summed E-state index contributed by atoms with van der Waals surface area (Å²) >= 11 is 0. The molecule has 30 heavy (non-hydrogen) atoms. The number of hydrogen-bond donors (Lipinski definition) is 1. The molecular weight excluding hydrogens is 382 g/mol. The van der Waals surface area contributed by atoms with Crippen molar-refractivity contribution in [1.82, 2.24) is 15.1 Å². The first-order valence-electron chi connectivity index (χ1n) is 10.4. The molecule has 0 radical (unpaired) electrons. The van der Waals surface area contributed by atoms with Gasteiger partial charge in [0.2, 0.25) is 11.8 Å². The minimum atomic E-state index is -0.465. The molecule has 2 aromatic carbocycles. The zero-order chi connectivity index (χ0) is 20.8. The molecule has 2 aliphatic heterocycles. The maximum Gasteiger partial charge on any atom is 0.237 e. The number of carbonyl (C=O) groups is 2. The van der Waals surface area contributed by atoms with Gasteiger partial charge in [0.25, 0.3) is 0 Å². The Labute approximate surface area is 176 Å². The fourth-order valence-corrected chi connectivity index (χ4v) is 3.85.